The van der Waals surface area contributed by atoms with Gasteiger partial charge in [-0.2, -0.15) is 4.98 Å². The van der Waals surface area contributed by atoms with E-state index < -0.39 is 5.92 Å². The van der Waals surface area contributed by atoms with Crippen molar-refractivity contribution in [2.75, 3.05) is 16.8 Å². The van der Waals surface area contributed by atoms with Crippen LogP contribution in [0.4, 0.5) is 11.4 Å². The molecular weight excluding hydrogens is 380 g/mol. The van der Waals surface area contributed by atoms with Crippen LogP contribution in [0.3, 0.4) is 0 Å². The van der Waals surface area contributed by atoms with Gasteiger partial charge in [0.1, 0.15) is 0 Å². The van der Waals surface area contributed by atoms with Crippen molar-refractivity contribution >= 4 is 23.2 Å². The molecule has 30 heavy (non-hydrogen) atoms. The van der Waals surface area contributed by atoms with Crippen molar-refractivity contribution < 1.29 is 14.1 Å². The number of rotatable bonds is 5. The third-order valence-corrected chi connectivity index (χ3v) is 5.48. The van der Waals surface area contributed by atoms with Crippen LogP contribution in [0.2, 0.25) is 0 Å². The topological polar surface area (TPSA) is 88.3 Å². The Labute approximate surface area is 175 Å². The van der Waals surface area contributed by atoms with Crippen LogP contribution in [-0.4, -0.2) is 28.5 Å². The summed E-state index contributed by atoms with van der Waals surface area (Å²) in [4.78, 5) is 31.4. The number of carbonyl (C=O) groups excluding carboxylic acids is 2. The van der Waals surface area contributed by atoms with Gasteiger partial charge in [0.25, 0.3) is 0 Å². The maximum atomic E-state index is 12.9. The highest BCUT2D eigenvalue weighted by atomic mass is 16.5. The van der Waals surface area contributed by atoms with Gasteiger partial charge in [0.05, 0.1) is 12.3 Å². The molecule has 7 heteroatoms. The maximum absolute atomic E-state index is 12.9. The molecule has 154 valence electrons. The Kier molecular flexibility index (Phi) is 5.35. The minimum Gasteiger partial charge on any atom is -0.339 e. The van der Waals surface area contributed by atoms with Crippen LogP contribution in [0.1, 0.15) is 34.8 Å². The average Bonchev–Trinajstić information content (AvgIpc) is 3.31. The van der Waals surface area contributed by atoms with E-state index in [-0.39, 0.29) is 18.2 Å². The van der Waals surface area contributed by atoms with Crippen molar-refractivity contribution in [3.63, 3.8) is 0 Å². The van der Waals surface area contributed by atoms with E-state index in [1.165, 1.54) is 5.56 Å². The molecule has 2 heterocycles. The lowest BCUT2D eigenvalue weighted by atomic mass is 10.1. The largest absolute Gasteiger partial charge is 0.339 e. The van der Waals surface area contributed by atoms with Gasteiger partial charge in [0.15, 0.2) is 5.82 Å². The SMILES string of the molecule is Cc1noc(Cc2ccccc2NC(=O)C2CC(=O)N(c3ccc(C)c(C)c3)C2)n1. The minimum absolute atomic E-state index is 0.0342. The summed E-state index contributed by atoms with van der Waals surface area (Å²) in [7, 11) is 0. The highest BCUT2D eigenvalue weighted by Gasteiger charge is 2.35. The number of para-hydroxylation sites is 1. The first-order valence-electron chi connectivity index (χ1n) is 9.96. The molecule has 1 aromatic heterocycles. The van der Waals surface area contributed by atoms with Crippen molar-refractivity contribution in [2.45, 2.75) is 33.6 Å². The Hall–Kier alpha value is -3.48. The number of benzene rings is 2. The Morgan fingerprint density at radius 3 is 2.70 bits per heavy atom. The Morgan fingerprint density at radius 2 is 1.97 bits per heavy atom. The fraction of sp³-hybridized carbons (Fsp3) is 0.304. The lowest BCUT2D eigenvalue weighted by molar-refractivity contribution is -0.122. The number of carbonyl (C=O) groups is 2. The number of anilines is 2. The summed E-state index contributed by atoms with van der Waals surface area (Å²) in [6.07, 6.45) is 0.624. The van der Waals surface area contributed by atoms with Crippen molar-refractivity contribution in [3.8, 4) is 0 Å². The van der Waals surface area contributed by atoms with Crippen LogP contribution < -0.4 is 10.2 Å². The van der Waals surface area contributed by atoms with E-state index in [2.05, 4.69) is 15.5 Å². The Morgan fingerprint density at radius 1 is 1.17 bits per heavy atom. The van der Waals surface area contributed by atoms with Gasteiger partial charge in [-0.05, 0) is 55.7 Å². The second kappa shape index (κ2) is 8.10. The lowest BCUT2D eigenvalue weighted by Gasteiger charge is -2.18. The molecule has 0 aliphatic carbocycles. The summed E-state index contributed by atoms with van der Waals surface area (Å²) in [5, 5.41) is 6.79. The molecule has 1 unspecified atom stereocenters. The van der Waals surface area contributed by atoms with Gasteiger partial charge in [-0.25, -0.2) is 0 Å². The second-order valence-corrected chi connectivity index (χ2v) is 7.73. The van der Waals surface area contributed by atoms with Gasteiger partial charge >= 0.3 is 0 Å². The molecule has 4 rings (SSSR count). The molecule has 0 spiro atoms. The quantitative estimate of drug-likeness (QED) is 0.702. The van der Waals surface area contributed by atoms with Crippen molar-refractivity contribution in [1.29, 1.82) is 0 Å². The van der Waals surface area contributed by atoms with Crippen molar-refractivity contribution in [1.82, 2.24) is 10.1 Å². The molecule has 1 N–H and O–H groups in total. The van der Waals surface area contributed by atoms with Crippen molar-refractivity contribution in [3.05, 3.63) is 70.9 Å². The van der Waals surface area contributed by atoms with Crippen LogP contribution in [0.5, 0.6) is 0 Å². The van der Waals surface area contributed by atoms with Crippen molar-refractivity contribution in [2.24, 2.45) is 5.92 Å². The first-order valence-corrected chi connectivity index (χ1v) is 9.96. The lowest BCUT2D eigenvalue weighted by Crippen LogP contribution is -2.28. The number of nitrogens with one attached hydrogen (secondary N) is 1. The molecule has 3 aromatic rings. The number of aryl methyl sites for hydroxylation is 3. The normalized spacial score (nSPS) is 16.2. The Balaban J connectivity index is 1.47. The van der Waals surface area contributed by atoms with E-state index in [0.29, 0.717) is 30.4 Å². The molecule has 2 amide bonds. The number of amides is 2. The fourth-order valence-electron chi connectivity index (χ4n) is 3.63. The first-order chi connectivity index (χ1) is 14.4. The fourth-order valence-corrected chi connectivity index (χ4v) is 3.63. The van der Waals surface area contributed by atoms with Crippen LogP contribution >= 0.6 is 0 Å². The summed E-state index contributed by atoms with van der Waals surface area (Å²) in [5.41, 5.74) is 4.71. The van der Waals surface area contributed by atoms with E-state index in [1.54, 1.807) is 11.8 Å². The number of hydrogen-bond acceptors (Lipinski definition) is 5. The van der Waals surface area contributed by atoms with Gasteiger partial charge in [-0.3, -0.25) is 9.59 Å². The van der Waals surface area contributed by atoms with Gasteiger partial charge in [-0.15, -0.1) is 0 Å². The van der Waals surface area contributed by atoms with E-state index in [0.717, 1.165) is 16.8 Å². The molecule has 1 aliphatic heterocycles. The summed E-state index contributed by atoms with van der Waals surface area (Å²) >= 11 is 0. The predicted octanol–water partition coefficient (Wildman–Crippen LogP) is 3.58. The average molecular weight is 404 g/mol. The molecule has 1 saturated heterocycles. The Bertz CT molecular complexity index is 1110. The first kappa shape index (κ1) is 19.8. The second-order valence-electron chi connectivity index (χ2n) is 7.73. The number of hydrogen-bond donors (Lipinski definition) is 1. The third-order valence-electron chi connectivity index (χ3n) is 5.48. The standard InChI is InChI=1S/C23H24N4O3/c1-14-8-9-19(10-15(14)2)27-13-18(12-22(27)28)23(29)25-20-7-5-4-6-17(20)11-21-24-16(3)26-30-21/h4-10,18H,11-13H2,1-3H3,(H,25,29). The highest BCUT2D eigenvalue weighted by molar-refractivity contribution is 6.03. The zero-order valence-corrected chi connectivity index (χ0v) is 17.3. The van der Waals surface area contributed by atoms with Crippen LogP contribution in [-0.2, 0) is 16.0 Å². The van der Waals surface area contributed by atoms with Gasteiger partial charge < -0.3 is 14.7 Å². The molecule has 0 saturated carbocycles. The van der Waals surface area contributed by atoms with Crippen LogP contribution in [0, 0.1) is 26.7 Å². The summed E-state index contributed by atoms with van der Waals surface area (Å²) in [6.45, 7) is 6.19. The zero-order chi connectivity index (χ0) is 21.3. The summed E-state index contributed by atoms with van der Waals surface area (Å²) in [5.74, 6) is 0.461. The molecule has 0 radical (unpaired) electrons. The van der Waals surface area contributed by atoms with Gasteiger partial charge in [0, 0.05) is 24.3 Å². The van der Waals surface area contributed by atoms with Gasteiger partial charge in [0.2, 0.25) is 17.7 Å². The minimum atomic E-state index is -0.405. The molecule has 1 atom stereocenters. The van der Waals surface area contributed by atoms with Crippen LogP contribution in [0.25, 0.3) is 0 Å². The third kappa shape index (κ3) is 4.10. The maximum Gasteiger partial charge on any atom is 0.231 e. The smallest absolute Gasteiger partial charge is 0.231 e. The van der Waals surface area contributed by atoms with E-state index in [4.69, 9.17) is 4.52 Å². The summed E-state index contributed by atoms with van der Waals surface area (Å²) in [6, 6.07) is 13.4. The molecule has 7 nitrogen and oxygen atoms in total. The molecular formula is C23H24N4O3. The highest BCUT2D eigenvalue weighted by Crippen LogP contribution is 2.28. The van der Waals surface area contributed by atoms with Gasteiger partial charge in [-0.1, -0.05) is 29.4 Å². The number of aromatic nitrogens is 2. The van der Waals surface area contributed by atoms with E-state index in [1.807, 2.05) is 56.3 Å². The predicted molar refractivity (Wildman–Crippen MR) is 113 cm³/mol. The van der Waals surface area contributed by atoms with E-state index >= 15 is 0 Å². The molecule has 0 bridgehead atoms. The monoisotopic (exact) mass is 404 g/mol. The molecule has 1 fully saturated rings. The van der Waals surface area contributed by atoms with E-state index in [9.17, 15) is 9.59 Å². The number of nitrogens with zero attached hydrogens (tertiary/aromatic N) is 3. The molecule has 2 aromatic carbocycles. The summed E-state index contributed by atoms with van der Waals surface area (Å²) < 4.78 is 5.20. The molecule has 1 aliphatic rings. The zero-order valence-electron chi connectivity index (χ0n) is 17.3. The van der Waals surface area contributed by atoms with Crippen LogP contribution in [0.15, 0.2) is 47.0 Å².